The highest BCUT2D eigenvalue weighted by atomic mass is 32.1. The molecule has 1 atom stereocenters. The number of rotatable bonds is 5. The van der Waals surface area contributed by atoms with Crippen molar-refractivity contribution in [3.63, 3.8) is 0 Å². The zero-order chi connectivity index (χ0) is 27.3. The number of H-pyrrole nitrogens is 1. The Morgan fingerprint density at radius 1 is 1.08 bits per heavy atom. The van der Waals surface area contributed by atoms with Gasteiger partial charge in [-0.25, -0.2) is 14.2 Å². The second-order valence-electron chi connectivity index (χ2n) is 11.4. The van der Waals surface area contributed by atoms with Crippen LogP contribution in [0, 0.1) is 5.41 Å². The monoisotopic (exact) mass is 540 g/mol. The molecule has 0 bridgehead atoms. The second-order valence-corrected chi connectivity index (χ2v) is 14.5. The van der Waals surface area contributed by atoms with Gasteiger partial charge in [0.25, 0.3) is 0 Å². The van der Waals surface area contributed by atoms with Gasteiger partial charge in [0.2, 0.25) is 9.04 Å². The molecule has 0 saturated heterocycles. The first kappa shape index (κ1) is 27.1. The van der Waals surface area contributed by atoms with E-state index in [0.717, 1.165) is 15.6 Å². The minimum atomic E-state index is -0.948. The molecule has 0 amide bonds. The minimum absolute atomic E-state index is 0.0916. The average Bonchev–Trinajstić information content (AvgIpc) is 3.46. The van der Waals surface area contributed by atoms with E-state index in [2.05, 4.69) is 50.1 Å². The van der Waals surface area contributed by atoms with Crippen LogP contribution in [0.5, 0.6) is 0 Å². The summed E-state index contributed by atoms with van der Waals surface area (Å²) in [5, 5.41) is 8.37. The Bertz CT molecular complexity index is 1470. The van der Waals surface area contributed by atoms with Gasteiger partial charge in [-0.3, -0.25) is 5.10 Å². The standard InChI is InChI=1S/C27H34N3O5SSi/c1-26(2,3)23(35-37(8)9)15-10-11-18-16(12-15)13-19(30(18)25(32)34-27(4,5)6)21-22-17(28-29-21)14-20(36-22)24(31)33-7/h10-14,23H,1-9H3,(H,28,29). The van der Waals surface area contributed by atoms with Crippen LogP contribution < -0.4 is 0 Å². The fourth-order valence-electron chi connectivity index (χ4n) is 4.25. The molecule has 0 spiro atoms. The van der Waals surface area contributed by atoms with E-state index < -0.39 is 26.7 Å². The molecule has 1 unspecified atom stereocenters. The first-order valence-electron chi connectivity index (χ1n) is 12.1. The quantitative estimate of drug-likeness (QED) is 0.213. The summed E-state index contributed by atoms with van der Waals surface area (Å²) in [6, 6.07) is 9.70. The number of nitrogens with zero attached hydrogens (tertiary/aromatic N) is 2. The zero-order valence-electron chi connectivity index (χ0n) is 22.8. The molecule has 0 fully saturated rings. The molecule has 0 aliphatic carbocycles. The van der Waals surface area contributed by atoms with E-state index in [9.17, 15) is 9.59 Å². The molecule has 197 valence electrons. The van der Waals surface area contributed by atoms with E-state index in [4.69, 9.17) is 13.9 Å². The van der Waals surface area contributed by atoms with Gasteiger partial charge in [-0.1, -0.05) is 26.8 Å². The molecule has 4 aromatic rings. The number of hydrogen-bond donors (Lipinski definition) is 1. The highest BCUT2D eigenvalue weighted by Gasteiger charge is 2.30. The third-order valence-electron chi connectivity index (χ3n) is 5.71. The molecule has 4 rings (SSSR count). The first-order chi connectivity index (χ1) is 17.2. The number of nitrogens with one attached hydrogen (secondary N) is 1. The maximum Gasteiger partial charge on any atom is 0.419 e. The lowest BCUT2D eigenvalue weighted by molar-refractivity contribution is 0.0545. The molecule has 3 aromatic heterocycles. The van der Waals surface area contributed by atoms with Gasteiger partial charge in [0, 0.05) is 5.39 Å². The number of fused-ring (bicyclic) bond motifs is 2. The lowest BCUT2D eigenvalue weighted by Crippen LogP contribution is -2.27. The molecule has 0 aliphatic heterocycles. The molecule has 1 aromatic carbocycles. The van der Waals surface area contributed by atoms with Crippen LogP contribution in [0.1, 0.15) is 62.9 Å². The molecule has 1 N–H and O–H groups in total. The zero-order valence-corrected chi connectivity index (χ0v) is 24.6. The van der Waals surface area contributed by atoms with Crippen LogP contribution in [0.4, 0.5) is 4.79 Å². The predicted octanol–water partition coefficient (Wildman–Crippen LogP) is 7.17. The molecule has 1 radical (unpaired) electrons. The van der Waals surface area contributed by atoms with E-state index >= 15 is 0 Å². The van der Waals surface area contributed by atoms with Gasteiger partial charge in [-0.15, -0.1) is 11.3 Å². The van der Waals surface area contributed by atoms with Crippen molar-refractivity contribution in [3.8, 4) is 11.4 Å². The number of carbonyl (C=O) groups is 2. The summed E-state index contributed by atoms with van der Waals surface area (Å²) in [4.78, 5) is 26.1. The van der Waals surface area contributed by atoms with Crippen molar-refractivity contribution >= 4 is 53.6 Å². The Hall–Kier alpha value is -2.95. The van der Waals surface area contributed by atoms with E-state index in [0.29, 0.717) is 27.3 Å². The number of hydrogen-bond acceptors (Lipinski definition) is 7. The summed E-state index contributed by atoms with van der Waals surface area (Å²) >= 11 is 1.27. The predicted molar refractivity (Wildman–Crippen MR) is 149 cm³/mol. The second kappa shape index (κ2) is 9.73. The molecular weight excluding hydrogens is 506 g/mol. The van der Waals surface area contributed by atoms with Gasteiger partial charge in [-0.2, -0.15) is 5.10 Å². The van der Waals surface area contributed by atoms with Crippen LogP contribution in [0.3, 0.4) is 0 Å². The topological polar surface area (TPSA) is 95.4 Å². The summed E-state index contributed by atoms with van der Waals surface area (Å²) in [5.74, 6) is -0.418. The van der Waals surface area contributed by atoms with Gasteiger partial charge < -0.3 is 13.9 Å². The van der Waals surface area contributed by atoms with Crippen molar-refractivity contribution in [1.82, 2.24) is 14.8 Å². The number of benzene rings is 1. The molecule has 37 heavy (non-hydrogen) atoms. The van der Waals surface area contributed by atoms with Crippen molar-refractivity contribution < 1.29 is 23.5 Å². The van der Waals surface area contributed by atoms with Crippen LogP contribution in [0.2, 0.25) is 13.1 Å². The Balaban J connectivity index is 1.93. The number of thiophene rings is 1. The number of ether oxygens (including phenoxy) is 2. The smallest absolute Gasteiger partial charge is 0.419 e. The fourth-order valence-corrected chi connectivity index (χ4v) is 6.23. The minimum Gasteiger partial charge on any atom is -0.465 e. The molecule has 8 nitrogen and oxygen atoms in total. The Labute approximate surface area is 222 Å². The Morgan fingerprint density at radius 3 is 2.38 bits per heavy atom. The van der Waals surface area contributed by atoms with Crippen LogP contribution in [0.15, 0.2) is 30.3 Å². The number of methoxy groups -OCH3 is 1. The van der Waals surface area contributed by atoms with Gasteiger partial charge in [0.15, 0.2) is 0 Å². The molecule has 0 aliphatic rings. The number of esters is 1. The summed E-state index contributed by atoms with van der Waals surface area (Å²) in [6.07, 6.45) is -0.589. The van der Waals surface area contributed by atoms with Gasteiger partial charge in [0.05, 0.1) is 34.6 Å². The summed E-state index contributed by atoms with van der Waals surface area (Å²) < 4.78 is 19.4. The normalized spacial score (nSPS) is 13.5. The number of carbonyl (C=O) groups excluding carboxylic acids is 2. The molecule has 0 saturated carbocycles. The third-order valence-corrected chi connectivity index (χ3v) is 7.54. The highest BCUT2D eigenvalue weighted by molar-refractivity contribution is 7.21. The lowest BCUT2D eigenvalue weighted by atomic mass is 9.84. The van der Waals surface area contributed by atoms with Crippen molar-refractivity contribution in [3.05, 3.63) is 40.8 Å². The molecule has 10 heteroatoms. The maximum absolute atomic E-state index is 13.5. The summed E-state index contributed by atoms with van der Waals surface area (Å²) in [7, 11) is 0.403. The van der Waals surface area contributed by atoms with Crippen molar-refractivity contribution in [2.24, 2.45) is 5.41 Å². The van der Waals surface area contributed by atoms with Crippen molar-refractivity contribution in [2.45, 2.75) is 66.3 Å². The third kappa shape index (κ3) is 5.51. The van der Waals surface area contributed by atoms with E-state index in [1.54, 1.807) is 10.6 Å². The van der Waals surface area contributed by atoms with Gasteiger partial charge in [-0.05, 0) is 69.1 Å². The number of aromatic nitrogens is 3. The van der Waals surface area contributed by atoms with Crippen molar-refractivity contribution in [1.29, 1.82) is 0 Å². The maximum atomic E-state index is 13.5. The van der Waals surface area contributed by atoms with Gasteiger partial charge in [0.1, 0.15) is 16.2 Å². The van der Waals surface area contributed by atoms with Crippen molar-refractivity contribution in [2.75, 3.05) is 7.11 Å². The summed E-state index contributed by atoms with van der Waals surface area (Å²) in [5.41, 5.74) is 2.81. The van der Waals surface area contributed by atoms with Crippen LogP contribution in [0.25, 0.3) is 32.5 Å². The highest BCUT2D eigenvalue weighted by Crippen LogP contribution is 2.40. The van der Waals surface area contributed by atoms with E-state index in [-0.39, 0.29) is 11.5 Å². The Morgan fingerprint density at radius 2 is 1.78 bits per heavy atom. The SMILES string of the molecule is COC(=O)c1cc2[nH]nc(-c3cc4cc(C(O[Si](C)C)C(C)(C)C)ccc4n3C(=O)OC(C)(C)C)c2s1. The van der Waals surface area contributed by atoms with Crippen LogP contribution >= 0.6 is 11.3 Å². The van der Waals surface area contributed by atoms with Gasteiger partial charge >= 0.3 is 12.1 Å². The van der Waals surface area contributed by atoms with E-state index in [1.165, 1.54) is 18.4 Å². The first-order valence-corrected chi connectivity index (χ1v) is 15.3. The van der Waals surface area contributed by atoms with E-state index in [1.807, 2.05) is 39.0 Å². The fraction of sp³-hybridized carbons (Fsp3) is 0.444. The largest absolute Gasteiger partial charge is 0.465 e. The number of aromatic amines is 1. The Kier molecular flexibility index (Phi) is 7.13. The molecule has 3 heterocycles. The van der Waals surface area contributed by atoms with Crippen LogP contribution in [-0.4, -0.2) is 48.6 Å². The molecular formula is C27H34N3O5SSi. The van der Waals surface area contributed by atoms with Crippen LogP contribution in [-0.2, 0) is 13.9 Å². The lowest BCUT2D eigenvalue weighted by Gasteiger charge is -2.33. The average molecular weight is 541 g/mol. The summed E-state index contributed by atoms with van der Waals surface area (Å²) in [6.45, 7) is 16.3.